The second kappa shape index (κ2) is 7.38. The number of thioether (sulfide) groups is 2. The van der Waals surface area contributed by atoms with E-state index in [0.29, 0.717) is 5.25 Å². The van der Waals surface area contributed by atoms with Gasteiger partial charge in [0.25, 0.3) is 0 Å². The molecule has 1 heterocycles. The van der Waals surface area contributed by atoms with Crippen LogP contribution in [0.1, 0.15) is 0 Å². The number of ether oxygens (including phenoxy) is 1. The lowest BCUT2D eigenvalue weighted by molar-refractivity contribution is -0.130. The first kappa shape index (κ1) is 13.2. The molecule has 1 saturated heterocycles. The first-order chi connectivity index (χ1) is 7.27. The van der Waals surface area contributed by atoms with Crippen molar-refractivity contribution in [3.63, 3.8) is 0 Å². The molecule has 1 aliphatic heterocycles. The molecule has 0 aliphatic carbocycles. The fraction of sp³-hybridized carbons (Fsp3) is 0.889. The molecule has 0 saturated carbocycles. The molecule has 0 bridgehead atoms. The number of nitrogens with one attached hydrogen (secondary N) is 1. The Kier molecular flexibility index (Phi) is 6.47. The molecule has 1 rings (SSSR count). The van der Waals surface area contributed by atoms with Gasteiger partial charge in [0.2, 0.25) is 5.91 Å². The van der Waals surface area contributed by atoms with Gasteiger partial charge in [-0.1, -0.05) is 0 Å². The lowest BCUT2D eigenvalue weighted by Gasteiger charge is -2.22. The van der Waals surface area contributed by atoms with E-state index < -0.39 is 6.10 Å². The van der Waals surface area contributed by atoms with Crippen LogP contribution >= 0.6 is 23.5 Å². The highest BCUT2D eigenvalue weighted by atomic mass is 32.2. The molecule has 15 heavy (non-hydrogen) atoms. The number of carbonyl (C=O) groups excluding carboxylic acids is 1. The van der Waals surface area contributed by atoms with Gasteiger partial charge in [-0.15, -0.1) is 0 Å². The maximum Gasteiger partial charge on any atom is 0.250 e. The van der Waals surface area contributed by atoms with E-state index in [4.69, 9.17) is 10.5 Å². The Morgan fingerprint density at radius 1 is 1.67 bits per heavy atom. The van der Waals surface area contributed by atoms with Gasteiger partial charge in [-0.25, -0.2) is 0 Å². The minimum Gasteiger partial charge on any atom is -0.370 e. The van der Waals surface area contributed by atoms with Crippen LogP contribution in [0.3, 0.4) is 0 Å². The van der Waals surface area contributed by atoms with Crippen molar-refractivity contribution < 1.29 is 9.53 Å². The SMILES string of the molecule is COC(CN)C(=O)NCC1CSCCS1. The quantitative estimate of drug-likeness (QED) is 0.715. The average Bonchev–Trinajstić information content (AvgIpc) is 2.29. The Hall–Kier alpha value is 0.0900. The zero-order valence-electron chi connectivity index (χ0n) is 8.90. The second-order valence-corrected chi connectivity index (χ2v) is 5.83. The molecule has 0 radical (unpaired) electrons. The Morgan fingerprint density at radius 2 is 2.47 bits per heavy atom. The number of amides is 1. The van der Waals surface area contributed by atoms with Crippen LogP contribution in [0.25, 0.3) is 0 Å². The van der Waals surface area contributed by atoms with E-state index in [1.807, 2.05) is 23.5 Å². The molecule has 6 heteroatoms. The predicted molar refractivity (Wildman–Crippen MR) is 66.4 cm³/mol. The predicted octanol–water partition coefficient (Wildman–Crippen LogP) is -0.0751. The lowest BCUT2D eigenvalue weighted by Crippen LogP contribution is -2.43. The highest BCUT2D eigenvalue weighted by Gasteiger charge is 2.19. The first-order valence-electron chi connectivity index (χ1n) is 4.98. The van der Waals surface area contributed by atoms with Crippen molar-refractivity contribution in [1.29, 1.82) is 0 Å². The Labute approximate surface area is 99.1 Å². The van der Waals surface area contributed by atoms with E-state index >= 15 is 0 Å². The van der Waals surface area contributed by atoms with Crippen LogP contribution in [-0.4, -0.2) is 54.7 Å². The molecule has 0 aromatic rings. The molecular weight excluding hydrogens is 232 g/mol. The van der Waals surface area contributed by atoms with E-state index in [0.717, 1.165) is 12.3 Å². The van der Waals surface area contributed by atoms with E-state index in [9.17, 15) is 4.79 Å². The van der Waals surface area contributed by atoms with Crippen molar-refractivity contribution in [2.75, 3.05) is 37.5 Å². The second-order valence-electron chi connectivity index (χ2n) is 3.27. The van der Waals surface area contributed by atoms with Crippen molar-refractivity contribution in [3.05, 3.63) is 0 Å². The molecule has 1 aliphatic rings. The first-order valence-corrected chi connectivity index (χ1v) is 7.18. The maximum absolute atomic E-state index is 11.5. The molecular formula is C9H18N2O2S2. The highest BCUT2D eigenvalue weighted by molar-refractivity contribution is 8.06. The van der Waals surface area contributed by atoms with E-state index in [1.165, 1.54) is 18.6 Å². The van der Waals surface area contributed by atoms with Crippen LogP contribution in [0.2, 0.25) is 0 Å². The molecule has 2 unspecified atom stereocenters. The third-order valence-electron chi connectivity index (χ3n) is 2.18. The fourth-order valence-electron chi connectivity index (χ4n) is 1.29. The largest absolute Gasteiger partial charge is 0.370 e. The summed E-state index contributed by atoms with van der Waals surface area (Å²) in [6, 6.07) is 0. The number of rotatable bonds is 5. The Balaban J connectivity index is 2.20. The number of hydrogen-bond acceptors (Lipinski definition) is 5. The summed E-state index contributed by atoms with van der Waals surface area (Å²) >= 11 is 3.87. The monoisotopic (exact) mass is 250 g/mol. The Morgan fingerprint density at radius 3 is 3.00 bits per heavy atom. The third-order valence-corrected chi connectivity index (χ3v) is 5.02. The molecule has 3 N–H and O–H groups in total. The van der Waals surface area contributed by atoms with Gasteiger partial charge >= 0.3 is 0 Å². The fourth-order valence-corrected chi connectivity index (χ4v) is 3.90. The summed E-state index contributed by atoms with van der Waals surface area (Å²) in [6.07, 6.45) is -0.508. The number of methoxy groups -OCH3 is 1. The van der Waals surface area contributed by atoms with E-state index in [-0.39, 0.29) is 12.5 Å². The summed E-state index contributed by atoms with van der Waals surface area (Å²) < 4.78 is 4.95. The van der Waals surface area contributed by atoms with Crippen molar-refractivity contribution in [1.82, 2.24) is 5.32 Å². The smallest absolute Gasteiger partial charge is 0.250 e. The van der Waals surface area contributed by atoms with Crippen molar-refractivity contribution in [2.24, 2.45) is 5.73 Å². The zero-order valence-corrected chi connectivity index (χ0v) is 10.5. The van der Waals surface area contributed by atoms with E-state index in [1.54, 1.807) is 0 Å². The van der Waals surface area contributed by atoms with Gasteiger partial charge in [-0.2, -0.15) is 23.5 Å². The summed E-state index contributed by atoms with van der Waals surface area (Å²) in [4.78, 5) is 11.5. The molecule has 1 amide bonds. The summed E-state index contributed by atoms with van der Waals surface area (Å²) in [5.74, 6) is 3.41. The summed E-state index contributed by atoms with van der Waals surface area (Å²) in [7, 11) is 1.50. The van der Waals surface area contributed by atoms with Crippen molar-refractivity contribution in [3.8, 4) is 0 Å². The van der Waals surface area contributed by atoms with Crippen LogP contribution in [0.15, 0.2) is 0 Å². The standard InChI is InChI=1S/C9H18N2O2S2/c1-13-8(4-10)9(12)11-5-7-6-14-2-3-15-7/h7-8H,2-6,10H2,1H3,(H,11,12). The number of nitrogens with two attached hydrogens (primary N) is 1. The highest BCUT2D eigenvalue weighted by Crippen LogP contribution is 2.23. The topological polar surface area (TPSA) is 64.3 Å². The number of hydrogen-bond donors (Lipinski definition) is 2. The van der Waals surface area contributed by atoms with Gasteiger partial charge in [-0.3, -0.25) is 4.79 Å². The van der Waals surface area contributed by atoms with Crippen LogP contribution in [0.4, 0.5) is 0 Å². The van der Waals surface area contributed by atoms with E-state index in [2.05, 4.69) is 5.32 Å². The average molecular weight is 250 g/mol. The normalized spacial score (nSPS) is 23.5. The summed E-state index contributed by atoms with van der Waals surface area (Å²) in [6.45, 7) is 0.950. The zero-order chi connectivity index (χ0) is 11.1. The van der Waals surface area contributed by atoms with Gasteiger partial charge in [0, 0.05) is 42.7 Å². The summed E-state index contributed by atoms with van der Waals surface area (Å²) in [5.41, 5.74) is 5.40. The van der Waals surface area contributed by atoms with Crippen LogP contribution in [0.5, 0.6) is 0 Å². The van der Waals surface area contributed by atoms with Gasteiger partial charge in [0.15, 0.2) is 0 Å². The van der Waals surface area contributed by atoms with Crippen molar-refractivity contribution >= 4 is 29.4 Å². The maximum atomic E-state index is 11.5. The summed E-state index contributed by atoms with van der Waals surface area (Å²) in [5, 5.41) is 3.41. The molecule has 2 atom stereocenters. The minimum absolute atomic E-state index is 0.101. The molecule has 88 valence electrons. The van der Waals surface area contributed by atoms with Crippen LogP contribution in [0, 0.1) is 0 Å². The Bertz CT molecular complexity index is 195. The van der Waals surface area contributed by atoms with Gasteiger partial charge in [0.05, 0.1) is 0 Å². The molecule has 4 nitrogen and oxygen atoms in total. The molecule has 0 aromatic carbocycles. The molecule has 0 aromatic heterocycles. The lowest BCUT2D eigenvalue weighted by atomic mass is 10.3. The molecule has 1 fully saturated rings. The molecule has 0 spiro atoms. The van der Waals surface area contributed by atoms with Crippen molar-refractivity contribution in [2.45, 2.75) is 11.4 Å². The van der Waals surface area contributed by atoms with Crippen LogP contribution < -0.4 is 11.1 Å². The van der Waals surface area contributed by atoms with Gasteiger partial charge in [-0.05, 0) is 0 Å². The van der Waals surface area contributed by atoms with Gasteiger partial charge < -0.3 is 15.8 Å². The number of carbonyl (C=O) groups is 1. The van der Waals surface area contributed by atoms with Gasteiger partial charge in [0.1, 0.15) is 6.10 Å². The minimum atomic E-state index is -0.508. The third kappa shape index (κ3) is 4.63. The van der Waals surface area contributed by atoms with Crippen LogP contribution in [-0.2, 0) is 9.53 Å².